The van der Waals surface area contributed by atoms with E-state index in [4.69, 9.17) is 4.99 Å². The van der Waals surface area contributed by atoms with E-state index in [-0.39, 0.29) is 12.3 Å². The van der Waals surface area contributed by atoms with Crippen molar-refractivity contribution in [2.24, 2.45) is 10.9 Å². The van der Waals surface area contributed by atoms with Crippen LogP contribution in [0, 0.1) is 5.92 Å². The molecular formula is C51H38N4S2. The minimum absolute atomic E-state index is 0.0499. The fraction of sp³-hybridized carbons (Fsp3) is 0.118. The van der Waals surface area contributed by atoms with Crippen LogP contribution < -0.4 is 10.6 Å². The second-order valence-corrected chi connectivity index (χ2v) is 17.6. The van der Waals surface area contributed by atoms with Crippen molar-refractivity contribution in [1.29, 1.82) is 0 Å². The van der Waals surface area contributed by atoms with Crippen LogP contribution >= 0.6 is 22.7 Å². The van der Waals surface area contributed by atoms with Gasteiger partial charge in [0.2, 0.25) is 0 Å². The van der Waals surface area contributed by atoms with Crippen LogP contribution in [0.5, 0.6) is 0 Å². The topological polar surface area (TPSA) is 41.4 Å². The summed E-state index contributed by atoms with van der Waals surface area (Å²) in [5, 5.41) is 14.2. The molecule has 9 aromatic rings. The van der Waals surface area contributed by atoms with Crippen LogP contribution in [0.4, 0.5) is 0 Å². The van der Waals surface area contributed by atoms with E-state index in [1.165, 1.54) is 84.9 Å². The van der Waals surface area contributed by atoms with Crippen molar-refractivity contribution in [1.82, 2.24) is 15.2 Å². The zero-order chi connectivity index (χ0) is 37.5. The van der Waals surface area contributed by atoms with E-state index < -0.39 is 0 Å². The molecule has 0 radical (unpaired) electrons. The van der Waals surface area contributed by atoms with Gasteiger partial charge in [0.25, 0.3) is 0 Å². The zero-order valence-electron chi connectivity index (χ0n) is 31.2. The quantitative estimate of drug-likeness (QED) is 0.183. The summed E-state index contributed by atoms with van der Waals surface area (Å²) in [6.07, 6.45) is 16.5. The Morgan fingerprint density at radius 3 is 2.39 bits per heavy atom. The van der Waals surface area contributed by atoms with Crippen molar-refractivity contribution in [3.8, 4) is 16.8 Å². The maximum atomic E-state index is 5.35. The molecule has 3 unspecified atom stereocenters. The Bertz CT molecular complexity index is 3190. The number of para-hydroxylation sites is 1. The molecule has 2 N–H and O–H groups in total. The first-order chi connectivity index (χ1) is 28.2. The summed E-state index contributed by atoms with van der Waals surface area (Å²) in [6, 6.07) is 47.2. The molecule has 2 aliphatic carbocycles. The second kappa shape index (κ2) is 13.3. The fourth-order valence-corrected chi connectivity index (χ4v) is 11.6. The molecule has 3 aliphatic rings. The Labute approximate surface area is 338 Å². The van der Waals surface area contributed by atoms with Gasteiger partial charge in [0, 0.05) is 74.2 Å². The van der Waals surface area contributed by atoms with Gasteiger partial charge >= 0.3 is 0 Å². The number of hydrogen-bond acceptors (Lipinski definition) is 5. The van der Waals surface area contributed by atoms with Crippen molar-refractivity contribution in [2.75, 3.05) is 0 Å². The molecule has 3 atom stereocenters. The number of nitrogens with zero attached hydrogens (tertiary/aromatic N) is 2. The Hall–Kier alpha value is -6.05. The van der Waals surface area contributed by atoms with Gasteiger partial charge in [-0.1, -0.05) is 121 Å². The first kappa shape index (κ1) is 33.1. The van der Waals surface area contributed by atoms with Gasteiger partial charge in [0.05, 0.1) is 11.7 Å². The smallest absolute Gasteiger partial charge is 0.132 e. The molecule has 6 heteroatoms. The highest BCUT2D eigenvalue weighted by Gasteiger charge is 2.30. The average molecular weight is 771 g/mol. The van der Waals surface area contributed by atoms with Gasteiger partial charge < -0.3 is 9.88 Å². The number of aromatic nitrogens is 1. The summed E-state index contributed by atoms with van der Waals surface area (Å²) in [7, 11) is 0. The van der Waals surface area contributed by atoms with Crippen LogP contribution in [-0.2, 0) is 6.42 Å². The Balaban J connectivity index is 0.945. The van der Waals surface area contributed by atoms with Gasteiger partial charge in [-0.2, -0.15) is 0 Å². The monoisotopic (exact) mass is 770 g/mol. The third-order valence-electron chi connectivity index (χ3n) is 12.1. The SMILES string of the molecule is C1=CCC(C2NC(c3cccc4sc5ccc(-c6ccc7c(c6)sc6cc(-n8c9c(c%10ccccc%108)C=CCC9)ccc67)cc5c34)=NC(c3ccccc3)N2)C=C1. The molecule has 3 aromatic heterocycles. The molecule has 0 saturated heterocycles. The Morgan fingerprint density at radius 1 is 0.649 bits per heavy atom. The van der Waals surface area contributed by atoms with Gasteiger partial charge in [-0.05, 0) is 78.4 Å². The number of thiophene rings is 2. The van der Waals surface area contributed by atoms with E-state index >= 15 is 0 Å². The van der Waals surface area contributed by atoms with Crippen LogP contribution in [0.2, 0.25) is 0 Å². The van der Waals surface area contributed by atoms with E-state index in [1.807, 2.05) is 22.7 Å². The second-order valence-electron chi connectivity index (χ2n) is 15.4. The van der Waals surface area contributed by atoms with E-state index in [9.17, 15) is 0 Å². The number of benzene rings is 6. The van der Waals surface area contributed by atoms with Crippen LogP contribution in [0.1, 0.15) is 41.4 Å². The van der Waals surface area contributed by atoms with Gasteiger partial charge in [0.1, 0.15) is 12.0 Å². The summed E-state index contributed by atoms with van der Waals surface area (Å²) in [5.74, 6) is 1.27. The molecule has 0 fully saturated rings. The standard InChI is InChI=1S/C51H38N4S2/c1-3-12-31(13-4-1)49-52-50(32-14-5-2-6-15-32)54-51(53-49)40-18-11-21-45-48(40)41-28-33(23-27-44(41)56-45)34-22-25-38-39-26-24-35(30-47(39)57-46(38)29-34)55-42-19-9-7-16-36(42)37-17-8-10-20-43(37)55/h1-9,11-14,16-19,21-30,32,49-50,52H,10,15,20H2,(H,53,54). The summed E-state index contributed by atoms with van der Waals surface area (Å²) in [6.45, 7) is 0. The molecule has 57 heavy (non-hydrogen) atoms. The minimum Gasteiger partial charge on any atom is -0.354 e. The molecule has 0 amide bonds. The maximum absolute atomic E-state index is 5.35. The first-order valence-electron chi connectivity index (χ1n) is 19.9. The summed E-state index contributed by atoms with van der Waals surface area (Å²) >= 11 is 3.76. The molecule has 0 spiro atoms. The highest BCUT2D eigenvalue weighted by Crippen LogP contribution is 2.42. The molecule has 4 nitrogen and oxygen atoms in total. The number of aliphatic imine (C=N–C) groups is 1. The molecule has 1 aliphatic heterocycles. The lowest BCUT2D eigenvalue weighted by molar-refractivity contribution is 0.328. The lowest BCUT2D eigenvalue weighted by Gasteiger charge is -2.36. The molecule has 0 bridgehead atoms. The summed E-state index contributed by atoms with van der Waals surface area (Å²) < 4.78 is 7.70. The van der Waals surface area contributed by atoms with Gasteiger partial charge in [-0.3, -0.25) is 5.32 Å². The highest BCUT2D eigenvalue weighted by molar-refractivity contribution is 7.26. The van der Waals surface area contributed by atoms with Crippen LogP contribution in [0.25, 0.3) is 74.1 Å². The van der Waals surface area contributed by atoms with E-state index in [0.717, 1.165) is 30.7 Å². The van der Waals surface area contributed by atoms with Crippen LogP contribution in [-0.4, -0.2) is 16.6 Å². The van der Waals surface area contributed by atoms with Crippen LogP contribution in [0.15, 0.2) is 163 Å². The maximum Gasteiger partial charge on any atom is 0.132 e. The lowest BCUT2D eigenvalue weighted by Crippen LogP contribution is -2.54. The van der Waals surface area contributed by atoms with Crippen molar-refractivity contribution in [2.45, 2.75) is 31.6 Å². The number of allylic oxidation sites excluding steroid dienone is 4. The lowest BCUT2D eigenvalue weighted by atomic mass is 9.95. The third-order valence-corrected chi connectivity index (χ3v) is 14.3. The third kappa shape index (κ3) is 5.47. The van der Waals surface area contributed by atoms with E-state index in [0.29, 0.717) is 5.92 Å². The number of rotatable bonds is 5. The molecule has 12 rings (SSSR count). The Kier molecular flexibility index (Phi) is 7.71. The van der Waals surface area contributed by atoms with Crippen molar-refractivity contribution in [3.63, 3.8) is 0 Å². The first-order valence-corrected chi connectivity index (χ1v) is 21.6. The van der Waals surface area contributed by atoms with Gasteiger partial charge in [-0.15, -0.1) is 22.7 Å². The fourth-order valence-electron chi connectivity index (χ4n) is 9.35. The summed E-state index contributed by atoms with van der Waals surface area (Å²) in [5.41, 5.74) is 10.1. The molecule has 6 aromatic carbocycles. The average Bonchev–Trinajstić information content (AvgIpc) is 3.95. The van der Waals surface area contributed by atoms with Crippen molar-refractivity contribution >= 4 is 85.8 Å². The molecule has 0 saturated carbocycles. The normalized spacial score (nSPS) is 19.2. The largest absolute Gasteiger partial charge is 0.354 e. The minimum atomic E-state index is -0.142. The molecular weight excluding hydrogens is 733 g/mol. The Morgan fingerprint density at radius 2 is 1.47 bits per heavy atom. The molecule has 274 valence electrons. The number of hydrogen-bond donors (Lipinski definition) is 2. The highest BCUT2D eigenvalue weighted by atomic mass is 32.1. The van der Waals surface area contributed by atoms with E-state index in [2.05, 4.69) is 179 Å². The predicted octanol–water partition coefficient (Wildman–Crippen LogP) is 13.1. The van der Waals surface area contributed by atoms with Crippen molar-refractivity contribution < 1.29 is 0 Å². The summed E-state index contributed by atoms with van der Waals surface area (Å²) in [4.78, 5) is 5.35. The van der Waals surface area contributed by atoms with Crippen molar-refractivity contribution in [3.05, 3.63) is 180 Å². The van der Waals surface area contributed by atoms with E-state index in [1.54, 1.807) is 0 Å². The predicted molar refractivity (Wildman–Crippen MR) is 244 cm³/mol. The number of amidine groups is 1. The zero-order valence-corrected chi connectivity index (χ0v) is 32.8. The number of nitrogens with one attached hydrogen (secondary N) is 2. The number of fused-ring (bicyclic) bond motifs is 9. The van der Waals surface area contributed by atoms with Crippen LogP contribution in [0.3, 0.4) is 0 Å². The molecule has 4 heterocycles. The van der Waals surface area contributed by atoms with Gasteiger partial charge in [0.15, 0.2) is 0 Å². The van der Waals surface area contributed by atoms with Gasteiger partial charge in [-0.25, -0.2) is 4.99 Å².